The van der Waals surface area contributed by atoms with Gasteiger partial charge >= 0.3 is 0 Å². The van der Waals surface area contributed by atoms with Gasteiger partial charge in [0.15, 0.2) is 0 Å². The molecule has 0 aliphatic rings. The van der Waals surface area contributed by atoms with E-state index in [2.05, 4.69) is 36.2 Å². The van der Waals surface area contributed by atoms with Crippen LogP contribution >= 0.6 is 0 Å². The van der Waals surface area contributed by atoms with Crippen LogP contribution in [0.25, 0.3) is 0 Å². The number of carbonyl (C=O) groups is 1. The predicted molar refractivity (Wildman–Crippen MR) is 114 cm³/mol. The molecule has 1 atom stereocenters. The second-order valence-corrected chi connectivity index (χ2v) is 8.18. The molecule has 0 aliphatic heterocycles. The summed E-state index contributed by atoms with van der Waals surface area (Å²) in [4.78, 5) is 17.2. The minimum absolute atomic E-state index is 0.109. The zero-order chi connectivity index (χ0) is 21.8. The molecule has 0 radical (unpaired) electrons. The largest absolute Gasteiger partial charge is 0.342 e. The van der Waals surface area contributed by atoms with Crippen molar-refractivity contribution in [3.05, 3.63) is 70.8 Å². The predicted octanol–water partition coefficient (Wildman–Crippen LogP) is 3.87. The zero-order valence-electron chi connectivity index (χ0n) is 18.3. The van der Waals surface area contributed by atoms with E-state index in [4.69, 9.17) is 0 Å². The number of halogens is 1. The first-order valence-corrected chi connectivity index (χ1v) is 10.3. The molecule has 1 amide bonds. The van der Waals surface area contributed by atoms with Crippen molar-refractivity contribution >= 4 is 5.91 Å². The Labute approximate surface area is 177 Å². The van der Waals surface area contributed by atoms with Crippen LogP contribution in [0.2, 0.25) is 0 Å². The molecule has 2 aromatic heterocycles. The number of imidazole rings is 1. The molecular weight excluding hydrogens is 381 g/mol. The fraction of sp³-hybridized carbons (Fsp3) is 0.435. The summed E-state index contributed by atoms with van der Waals surface area (Å²) in [5, 5.41) is 7.66. The van der Waals surface area contributed by atoms with Crippen molar-refractivity contribution in [2.75, 3.05) is 0 Å². The number of hydrogen-bond acceptors (Lipinski definition) is 3. The summed E-state index contributed by atoms with van der Waals surface area (Å²) in [6.45, 7) is 9.22. The van der Waals surface area contributed by atoms with E-state index in [1.165, 1.54) is 12.1 Å². The third kappa shape index (κ3) is 4.96. The van der Waals surface area contributed by atoms with Gasteiger partial charge in [-0.25, -0.2) is 9.37 Å². The number of aromatic nitrogens is 4. The Morgan fingerprint density at radius 3 is 2.67 bits per heavy atom. The van der Waals surface area contributed by atoms with Crippen LogP contribution in [0.5, 0.6) is 0 Å². The molecule has 7 heteroatoms. The Hall–Kier alpha value is -2.96. The maximum atomic E-state index is 13.8. The Bertz CT molecular complexity index is 1020. The normalized spacial score (nSPS) is 12.4. The first-order chi connectivity index (χ1) is 14.3. The molecule has 6 nitrogen and oxygen atoms in total. The molecule has 3 aromatic rings. The SMILES string of the molecule is Cc1nn(CC(C)C)c(C)c1CCC(=O)N[C@@H](c1cccc(F)c1)c1nccn1C. The quantitative estimate of drug-likeness (QED) is 0.612. The molecule has 1 N–H and O–H groups in total. The molecule has 0 saturated carbocycles. The lowest BCUT2D eigenvalue weighted by atomic mass is 10.0. The number of hydrogen-bond donors (Lipinski definition) is 1. The Morgan fingerprint density at radius 1 is 1.27 bits per heavy atom. The van der Waals surface area contributed by atoms with Gasteiger partial charge in [0, 0.05) is 38.1 Å². The van der Waals surface area contributed by atoms with Gasteiger partial charge in [-0.15, -0.1) is 0 Å². The van der Waals surface area contributed by atoms with Crippen molar-refractivity contribution in [1.29, 1.82) is 0 Å². The number of benzene rings is 1. The lowest BCUT2D eigenvalue weighted by Crippen LogP contribution is -2.31. The maximum absolute atomic E-state index is 13.8. The molecule has 0 saturated heterocycles. The number of nitrogens with one attached hydrogen (secondary N) is 1. The highest BCUT2D eigenvalue weighted by molar-refractivity contribution is 5.77. The fourth-order valence-electron chi connectivity index (χ4n) is 3.73. The van der Waals surface area contributed by atoms with E-state index in [0.717, 1.165) is 23.5 Å². The van der Waals surface area contributed by atoms with E-state index in [0.29, 0.717) is 30.1 Å². The Balaban J connectivity index is 1.75. The lowest BCUT2D eigenvalue weighted by molar-refractivity contribution is -0.121. The first kappa shape index (κ1) is 21.7. The highest BCUT2D eigenvalue weighted by Gasteiger charge is 2.22. The van der Waals surface area contributed by atoms with E-state index in [1.54, 1.807) is 18.3 Å². The van der Waals surface area contributed by atoms with Crippen molar-refractivity contribution in [2.24, 2.45) is 13.0 Å². The van der Waals surface area contributed by atoms with Gasteiger partial charge in [0.05, 0.1) is 5.69 Å². The standard InChI is InChI=1S/C23H30FN5O/c1-15(2)14-29-17(4)20(16(3)27-29)9-10-21(30)26-22(23-25-11-12-28(23)5)18-7-6-8-19(24)13-18/h6-8,11-13,15,22H,9-10,14H2,1-5H3,(H,26,30)/t22-/m0/s1. The maximum Gasteiger partial charge on any atom is 0.221 e. The van der Waals surface area contributed by atoms with Crippen molar-refractivity contribution < 1.29 is 9.18 Å². The molecule has 0 bridgehead atoms. The molecule has 30 heavy (non-hydrogen) atoms. The highest BCUT2D eigenvalue weighted by atomic mass is 19.1. The molecular formula is C23H30FN5O. The number of rotatable bonds is 8. The molecule has 3 rings (SSSR count). The topological polar surface area (TPSA) is 64.7 Å². The van der Waals surface area contributed by atoms with Crippen molar-refractivity contribution in [3.63, 3.8) is 0 Å². The van der Waals surface area contributed by atoms with Crippen molar-refractivity contribution in [2.45, 2.75) is 53.1 Å². The van der Waals surface area contributed by atoms with E-state index in [-0.39, 0.29) is 11.7 Å². The number of aryl methyl sites for hydroxylation is 2. The van der Waals surface area contributed by atoms with Gasteiger partial charge in [-0.3, -0.25) is 9.48 Å². The number of amides is 1. The van der Waals surface area contributed by atoms with Crippen LogP contribution in [-0.4, -0.2) is 25.2 Å². The number of carbonyl (C=O) groups excluding carboxylic acids is 1. The molecule has 0 fully saturated rings. The minimum Gasteiger partial charge on any atom is -0.342 e. The first-order valence-electron chi connectivity index (χ1n) is 10.3. The Kier molecular flexibility index (Phi) is 6.70. The van der Waals surface area contributed by atoms with E-state index in [1.807, 2.05) is 29.4 Å². The van der Waals surface area contributed by atoms with Crippen LogP contribution in [0.4, 0.5) is 4.39 Å². The van der Waals surface area contributed by atoms with Crippen LogP contribution in [-0.2, 0) is 24.8 Å². The summed E-state index contributed by atoms with van der Waals surface area (Å²) in [6.07, 6.45) is 4.41. The van der Waals surface area contributed by atoms with Gasteiger partial charge in [0.25, 0.3) is 0 Å². The second kappa shape index (κ2) is 9.24. The average molecular weight is 412 g/mol. The van der Waals surface area contributed by atoms with E-state index < -0.39 is 6.04 Å². The molecule has 1 aromatic carbocycles. The number of nitrogens with zero attached hydrogens (tertiary/aromatic N) is 4. The molecule has 2 heterocycles. The summed E-state index contributed by atoms with van der Waals surface area (Å²) in [7, 11) is 1.86. The fourth-order valence-corrected chi connectivity index (χ4v) is 3.73. The molecule has 0 unspecified atom stereocenters. The summed E-state index contributed by atoms with van der Waals surface area (Å²) >= 11 is 0. The summed E-state index contributed by atoms with van der Waals surface area (Å²) in [5.74, 6) is 0.711. The van der Waals surface area contributed by atoms with Crippen molar-refractivity contribution in [3.8, 4) is 0 Å². The summed E-state index contributed by atoms with van der Waals surface area (Å²) in [6, 6.07) is 5.75. The van der Waals surface area contributed by atoms with Gasteiger partial charge in [-0.1, -0.05) is 26.0 Å². The monoisotopic (exact) mass is 411 g/mol. The zero-order valence-corrected chi connectivity index (χ0v) is 18.3. The van der Waals surface area contributed by atoms with Crippen molar-refractivity contribution in [1.82, 2.24) is 24.6 Å². The highest BCUT2D eigenvalue weighted by Crippen LogP contribution is 2.22. The molecule has 0 spiro atoms. The van der Waals surface area contributed by atoms with Crippen LogP contribution < -0.4 is 5.32 Å². The molecule has 0 aliphatic carbocycles. The van der Waals surface area contributed by atoms with Gasteiger partial charge in [0.2, 0.25) is 5.91 Å². The summed E-state index contributed by atoms with van der Waals surface area (Å²) < 4.78 is 17.7. The Morgan fingerprint density at radius 2 is 2.03 bits per heavy atom. The van der Waals surface area contributed by atoms with E-state index in [9.17, 15) is 9.18 Å². The van der Waals surface area contributed by atoms with Crippen LogP contribution in [0.3, 0.4) is 0 Å². The van der Waals surface area contributed by atoms with Crippen LogP contribution in [0.1, 0.15) is 54.6 Å². The van der Waals surface area contributed by atoms with Gasteiger partial charge in [0.1, 0.15) is 17.7 Å². The molecule has 160 valence electrons. The van der Waals surface area contributed by atoms with Gasteiger partial charge < -0.3 is 9.88 Å². The van der Waals surface area contributed by atoms with Gasteiger partial charge in [-0.05, 0) is 49.4 Å². The van der Waals surface area contributed by atoms with Crippen LogP contribution in [0.15, 0.2) is 36.7 Å². The van der Waals surface area contributed by atoms with Gasteiger partial charge in [-0.2, -0.15) is 5.10 Å². The minimum atomic E-state index is -0.515. The van der Waals surface area contributed by atoms with E-state index >= 15 is 0 Å². The average Bonchev–Trinajstić information content (AvgIpc) is 3.21. The summed E-state index contributed by atoms with van der Waals surface area (Å²) in [5.41, 5.74) is 3.85. The third-order valence-electron chi connectivity index (χ3n) is 5.28. The van der Waals surface area contributed by atoms with Crippen LogP contribution in [0, 0.1) is 25.6 Å². The lowest BCUT2D eigenvalue weighted by Gasteiger charge is -2.19. The third-order valence-corrected chi connectivity index (χ3v) is 5.28. The second-order valence-electron chi connectivity index (χ2n) is 8.18. The smallest absolute Gasteiger partial charge is 0.221 e.